The number of aromatic nitrogens is 3. The highest BCUT2D eigenvalue weighted by atomic mass is 19.1. The first kappa shape index (κ1) is 16.4. The number of carbonyl (C=O) groups is 1. The van der Waals surface area contributed by atoms with E-state index in [0.29, 0.717) is 12.4 Å². The molecule has 0 spiro atoms. The van der Waals surface area contributed by atoms with Crippen LogP contribution in [0.2, 0.25) is 0 Å². The molecular formula is C17H16FN5O2. The Kier molecular flexibility index (Phi) is 4.89. The summed E-state index contributed by atoms with van der Waals surface area (Å²) in [7, 11) is 1.40. The van der Waals surface area contributed by atoms with Gasteiger partial charge in [0, 0.05) is 24.7 Å². The van der Waals surface area contributed by atoms with E-state index in [2.05, 4.69) is 20.7 Å². The number of rotatable bonds is 5. The van der Waals surface area contributed by atoms with Gasteiger partial charge in [-0.1, -0.05) is 6.07 Å². The number of ether oxygens (including phenoxy) is 1. The lowest BCUT2D eigenvalue weighted by molar-refractivity contribution is 0.262. The second kappa shape index (κ2) is 7.43. The van der Waals surface area contributed by atoms with Crippen LogP contribution in [0.15, 0.2) is 55.0 Å². The molecule has 0 radical (unpaired) electrons. The Morgan fingerprint density at radius 2 is 2.00 bits per heavy atom. The SMILES string of the molecule is COc1cccc(F)c1NC(=O)Nc1ccn(Cc2ccncc2)n1. The maximum Gasteiger partial charge on any atom is 0.325 e. The largest absolute Gasteiger partial charge is 0.494 e. The van der Waals surface area contributed by atoms with Crippen molar-refractivity contribution in [2.75, 3.05) is 17.7 Å². The molecule has 2 aromatic heterocycles. The fourth-order valence-electron chi connectivity index (χ4n) is 2.25. The predicted molar refractivity (Wildman–Crippen MR) is 91.2 cm³/mol. The Labute approximate surface area is 143 Å². The molecule has 128 valence electrons. The molecule has 0 atom stereocenters. The van der Waals surface area contributed by atoms with Crippen LogP contribution in [0.25, 0.3) is 0 Å². The number of hydrogen-bond donors (Lipinski definition) is 2. The molecule has 8 heteroatoms. The van der Waals surface area contributed by atoms with E-state index < -0.39 is 11.8 Å². The second-order valence-corrected chi connectivity index (χ2v) is 5.15. The second-order valence-electron chi connectivity index (χ2n) is 5.15. The third-order valence-corrected chi connectivity index (χ3v) is 3.41. The van der Waals surface area contributed by atoms with E-state index in [9.17, 15) is 9.18 Å². The third kappa shape index (κ3) is 4.11. The van der Waals surface area contributed by atoms with Crippen LogP contribution in [0.1, 0.15) is 5.56 Å². The summed E-state index contributed by atoms with van der Waals surface area (Å²) >= 11 is 0. The van der Waals surface area contributed by atoms with Gasteiger partial charge in [-0.3, -0.25) is 15.0 Å². The number of anilines is 2. The Balaban J connectivity index is 1.64. The van der Waals surface area contributed by atoms with Gasteiger partial charge in [0.15, 0.2) is 11.6 Å². The van der Waals surface area contributed by atoms with Crippen molar-refractivity contribution in [2.45, 2.75) is 6.54 Å². The molecule has 0 bridgehead atoms. The van der Waals surface area contributed by atoms with Crippen LogP contribution in [0, 0.1) is 5.82 Å². The van der Waals surface area contributed by atoms with Gasteiger partial charge in [0.1, 0.15) is 11.4 Å². The van der Waals surface area contributed by atoms with Crippen molar-refractivity contribution in [2.24, 2.45) is 0 Å². The first-order chi connectivity index (χ1) is 12.2. The average Bonchev–Trinajstić information content (AvgIpc) is 3.04. The molecule has 7 nitrogen and oxygen atoms in total. The number of halogens is 1. The molecule has 0 aliphatic heterocycles. The summed E-state index contributed by atoms with van der Waals surface area (Å²) in [4.78, 5) is 16.0. The van der Waals surface area contributed by atoms with Gasteiger partial charge < -0.3 is 10.1 Å². The van der Waals surface area contributed by atoms with E-state index >= 15 is 0 Å². The van der Waals surface area contributed by atoms with Crippen molar-refractivity contribution in [3.63, 3.8) is 0 Å². The summed E-state index contributed by atoms with van der Waals surface area (Å²) in [5.74, 6) is -0.00190. The van der Waals surface area contributed by atoms with Gasteiger partial charge in [0.05, 0.1) is 13.7 Å². The van der Waals surface area contributed by atoms with Gasteiger partial charge in [-0.15, -0.1) is 0 Å². The van der Waals surface area contributed by atoms with Crippen LogP contribution in [0.4, 0.5) is 20.7 Å². The van der Waals surface area contributed by atoms with Crippen LogP contribution in [-0.4, -0.2) is 27.9 Å². The number of pyridine rings is 1. The van der Waals surface area contributed by atoms with Crippen molar-refractivity contribution in [1.29, 1.82) is 0 Å². The smallest absolute Gasteiger partial charge is 0.325 e. The highest BCUT2D eigenvalue weighted by Gasteiger charge is 2.13. The molecule has 0 fully saturated rings. The van der Waals surface area contributed by atoms with E-state index in [1.54, 1.807) is 35.4 Å². The van der Waals surface area contributed by atoms with Crippen molar-refractivity contribution < 1.29 is 13.9 Å². The molecule has 2 amide bonds. The van der Waals surface area contributed by atoms with Gasteiger partial charge in [0.2, 0.25) is 0 Å². The lowest BCUT2D eigenvalue weighted by Crippen LogP contribution is -2.21. The van der Waals surface area contributed by atoms with Crippen LogP contribution in [0.5, 0.6) is 5.75 Å². The summed E-state index contributed by atoms with van der Waals surface area (Å²) in [5.41, 5.74) is 1.00. The van der Waals surface area contributed by atoms with Crippen LogP contribution in [-0.2, 0) is 6.54 Å². The van der Waals surface area contributed by atoms with Crippen molar-refractivity contribution in [1.82, 2.24) is 14.8 Å². The lowest BCUT2D eigenvalue weighted by atomic mass is 10.3. The summed E-state index contributed by atoms with van der Waals surface area (Å²) < 4.78 is 20.6. The number of methoxy groups -OCH3 is 1. The van der Waals surface area contributed by atoms with Crippen LogP contribution < -0.4 is 15.4 Å². The molecule has 0 aliphatic rings. The maximum absolute atomic E-state index is 13.8. The molecule has 2 N–H and O–H groups in total. The van der Waals surface area contributed by atoms with Crippen molar-refractivity contribution >= 4 is 17.5 Å². The zero-order valence-corrected chi connectivity index (χ0v) is 13.4. The van der Waals surface area contributed by atoms with Gasteiger partial charge >= 0.3 is 6.03 Å². The topological polar surface area (TPSA) is 81.1 Å². The number of para-hydroxylation sites is 1. The fourth-order valence-corrected chi connectivity index (χ4v) is 2.25. The maximum atomic E-state index is 13.8. The van der Waals surface area contributed by atoms with E-state index in [1.165, 1.54) is 19.2 Å². The first-order valence-corrected chi connectivity index (χ1v) is 7.48. The number of amides is 2. The molecule has 25 heavy (non-hydrogen) atoms. The van der Waals surface area contributed by atoms with Gasteiger partial charge in [-0.05, 0) is 29.8 Å². The first-order valence-electron chi connectivity index (χ1n) is 7.48. The molecule has 0 unspecified atom stereocenters. The lowest BCUT2D eigenvalue weighted by Gasteiger charge is -2.11. The summed E-state index contributed by atoms with van der Waals surface area (Å²) in [6.07, 6.45) is 5.14. The molecular weight excluding hydrogens is 325 g/mol. The summed E-state index contributed by atoms with van der Waals surface area (Å²) in [6.45, 7) is 0.549. The van der Waals surface area contributed by atoms with Gasteiger partial charge in [-0.2, -0.15) is 5.10 Å². The zero-order valence-electron chi connectivity index (χ0n) is 13.4. The fraction of sp³-hybridized carbons (Fsp3) is 0.118. The highest BCUT2D eigenvalue weighted by Crippen LogP contribution is 2.27. The Morgan fingerprint density at radius 3 is 2.76 bits per heavy atom. The Morgan fingerprint density at radius 1 is 1.20 bits per heavy atom. The van der Waals surface area contributed by atoms with E-state index in [4.69, 9.17) is 4.74 Å². The van der Waals surface area contributed by atoms with E-state index in [-0.39, 0.29) is 11.4 Å². The molecule has 0 saturated heterocycles. The minimum absolute atomic E-state index is 0.0290. The number of carbonyl (C=O) groups excluding carboxylic acids is 1. The standard InChI is InChI=1S/C17H16FN5O2/c1-25-14-4-2-3-13(18)16(14)21-17(24)20-15-7-10-23(22-15)11-12-5-8-19-9-6-12/h2-10H,11H2,1H3,(H2,20,21,22,24). The summed E-state index contributed by atoms with van der Waals surface area (Å²) in [6, 6.07) is 9.09. The molecule has 3 aromatic rings. The third-order valence-electron chi connectivity index (χ3n) is 3.41. The molecule has 0 aliphatic carbocycles. The monoisotopic (exact) mass is 341 g/mol. The number of benzene rings is 1. The average molecular weight is 341 g/mol. The number of nitrogens with one attached hydrogen (secondary N) is 2. The molecule has 3 rings (SSSR count). The van der Waals surface area contributed by atoms with Gasteiger partial charge in [0.25, 0.3) is 0 Å². The molecule has 1 aromatic carbocycles. The van der Waals surface area contributed by atoms with E-state index in [1.807, 2.05) is 12.1 Å². The van der Waals surface area contributed by atoms with Crippen LogP contribution >= 0.6 is 0 Å². The summed E-state index contributed by atoms with van der Waals surface area (Å²) in [5, 5.41) is 9.24. The number of nitrogens with zero attached hydrogens (tertiary/aromatic N) is 3. The van der Waals surface area contributed by atoms with Crippen molar-refractivity contribution in [3.05, 3.63) is 66.4 Å². The quantitative estimate of drug-likeness (QED) is 0.747. The predicted octanol–water partition coefficient (Wildman–Crippen LogP) is 3.12. The minimum atomic E-state index is -0.613. The molecule has 0 saturated carbocycles. The minimum Gasteiger partial charge on any atom is -0.494 e. The van der Waals surface area contributed by atoms with Crippen LogP contribution in [0.3, 0.4) is 0 Å². The highest BCUT2D eigenvalue weighted by molar-refractivity contribution is 6.00. The Bertz CT molecular complexity index is 866. The number of urea groups is 1. The Hall–Kier alpha value is -3.42. The van der Waals surface area contributed by atoms with Crippen molar-refractivity contribution in [3.8, 4) is 5.75 Å². The number of hydrogen-bond acceptors (Lipinski definition) is 4. The molecule has 2 heterocycles. The normalized spacial score (nSPS) is 10.3. The zero-order chi connectivity index (χ0) is 17.6. The van der Waals surface area contributed by atoms with E-state index in [0.717, 1.165) is 5.56 Å². The van der Waals surface area contributed by atoms with Gasteiger partial charge in [-0.25, -0.2) is 9.18 Å².